The predicted molar refractivity (Wildman–Crippen MR) is 135 cm³/mol. The van der Waals surface area contributed by atoms with Crippen LogP contribution in [0.5, 0.6) is 0 Å². The van der Waals surface area contributed by atoms with Crippen LogP contribution >= 0.6 is 24.0 Å². The Morgan fingerprint density at radius 3 is 2.56 bits per heavy atom. The fourth-order valence-electron chi connectivity index (χ4n) is 4.51. The van der Waals surface area contributed by atoms with E-state index in [1.54, 1.807) is 7.05 Å². The first kappa shape index (κ1) is 24.7. The van der Waals surface area contributed by atoms with Gasteiger partial charge in [-0.05, 0) is 30.5 Å². The summed E-state index contributed by atoms with van der Waals surface area (Å²) in [5.41, 5.74) is 1.54. The Balaban J connectivity index is 0.00000289. The lowest BCUT2D eigenvalue weighted by atomic mass is 9.89. The fourth-order valence-corrected chi connectivity index (χ4v) is 4.51. The van der Waals surface area contributed by atoms with E-state index in [-0.39, 0.29) is 35.9 Å². The van der Waals surface area contributed by atoms with E-state index in [0.717, 1.165) is 38.0 Å². The number of hydrogen-bond donors (Lipinski definition) is 1. The maximum absolute atomic E-state index is 14.1. The lowest BCUT2D eigenvalue weighted by Crippen LogP contribution is -2.53. The van der Waals surface area contributed by atoms with Gasteiger partial charge in [-0.1, -0.05) is 30.3 Å². The average Bonchev–Trinajstić information content (AvgIpc) is 2.82. The van der Waals surface area contributed by atoms with Crippen molar-refractivity contribution in [2.24, 2.45) is 10.9 Å². The second kappa shape index (κ2) is 11.8. The third kappa shape index (κ3) is 5.89. The van der Waals surface area contributed by atoms with Crippen LogP contribution in [0.1, 0.15) is 24.5 Å². The zero-order chi connectivity index (χ0) is 21.6. The molecule has 174 valence electrons. The molecule has 0 spiro atoms. The lowest BCUT2D eigenvalue weighted by Gasteiger charge is -2.38. The third-order valence-electron chi connectivity index (χ3n) is 6.14. The average molecular weight is 556 g/mol. The summed E-state index contributed by atoms with van der Waals surface area (Å²) in [6.45, 7) is 4.19. The first-order valence-corrected chi connectivity index (χ1v) is 11.0. The highest BCUT2D eigenvalue weighted by molar-refractivity contribution is 14.0. The molecule has 32 heavy (non-hydrogen) atoms. The number of guanidine groups is 1. The van der Waals surface area contributed by atoms with Crippen molar-refractivity contribution in [3.63, 3.8) is 0 Å². The molecule has 2 aliphatic rings. The highest BCUT2D eigenvalue weighted by atomic mass is 127. The van der Waals surface area contributed by atoms with Gasteiger partial charge in [0.2, 0.25) is 0 Å². The zero-order valence-corrected chi connectivity index (χ0v) is 20.7. The van der Waals surface area contributed by atoms with Crippen LogP contribution in [0.15, 0.2) is 53.5 Å². The molecule has 1 N–H and O–H groups in total. The summed E-state index contributed by atoms with van der Waals surface area (Å²) in [4.78, 5) is 8.53. The first-order valence-electron chi connectivity index (χ1n) is 11.0. The molecule has 2 aromatic rings. The van der Waals surface area contributed by atoms with Gasteiger partial charge in [0, 0.05) is 58.4 Å². The minimum absolute atomic E-state index is 0. The molecule has 2 aromatic carbocycles. The van der Waals surface area contributed by atoms with Crippen molar-refractivity contribution in [1.29, 1.82) is 0 Å². The van der Waals surface area contributed by atoms with Gasteiger partial charge in [-0.2, -0.15) is 0 Å². The Labute approximate surface area is 205 Å². The van der Waals surface area contributed by atoms with Gasteiger partial charge in [0.1, 0.15) is 11.6 Å². The van der Waals surface area contributed by atoms with Crippen molar-refractivity contribution < 1.29 is 13.5 Å². The standard InChI is InChI=1S/C24H30F2N4O.HI/c1-27-24(28-17-19-8-5-15-31-23(19)18-6-3-2-4-7-18)30-13-11-29(12-14-30)22-16-20(25)9-10-21(22)26;/h2-4,6-7,9-10,16,19,23H,5,8,11-15,17H2,1H3,(H,27,28);1H. The first-order chi connectivity index (χ1) is 15.2. The topological polar surface area (TPSA) is 40.1 Å². The monoisotopic (exact) mass is 556 g/mol. The Morgan fingerprint density at radius 2 is 1.84 bits per heavy atom. The van der Waals surface area contributed by atoms with Gasteiger partial charge in [0.15, 0.2) is 5.96 Å². The smallest absolute Gasteiger partial charge is 0.193 e. The molecule has 0 aromatic heterocycles. The molecule has 5 nitrogen and oxygen atoms in total. The molecular formula is C24H31F2IN4O. The summed E-state index contributed by atoms with van der Waals surface area (Å²) < 4.78 is 33.8. The summed E-state index contributed by atoms with van der Waals surface area (Å²) in [7, 11) is 1.78. The number of nitrogens with one attached hydrogen (secondary N) is 1. The third-order valence-corrected chi connectivity index (χ3v) is 6.14. The van der Waals surface area contributed by atoms with Crippen LogP contribution in [-0.2, 0) is 4.74 Å². The zero-order valence-electron chi connectivity index (χ0n) is 18.3. The van der Waals surface area contributed by atoms with Crippen molar-refractivity contribution in [1.82, 2.24) is 10.2 Å². The molecule has 2 saturated heterocycles. The molecular weight excluding hydrogens is 525 g/mol. The lowest BCUT2D eigenvalue weighted by molar-refractivity contribution is -0.0266. The molecule has 4 rings (SSSR count). The normalized spacial score (nSPS) is 21.8. The minimum atomic E-state index is -0.418. The summed E-state index contributed by atoms with van der Waals surface area (Å²) in [5.74, 6) is 0.410. The van der Waals surface area contributed by atoms with Gasteiger partial charge in [0.05, 0.1) is 11.8 Å². The van der Waals surface area contributed by atoms with E-state index in [1.807, 2.05) is 11.0 Å². The highest BCUT2D eigenvalue weighted by Gasteiger charge is 2.28. The predicted octanol–water partition coefficient (Wildman–Crippen LogP) is 4.45. The molecule has 2 fully saturated rings. The van der Waals surface area contributed by atoms with Crippen LogP contribution in [-0.4, -0.2) is 57.2 Å². The van der Waals surface area contributed by atoms with Gasteiger partial charge >= 0.3 is 0 Å². The van der Waals surface area contributed by atoms with E-state index in [0.29, 0.717) is 37.8 Å². The fraction of sp³-hybridized carbons (Fsp3) is 0.458. The number of ether oxygens (including phenoxy) is 1. The SMILES string of the molecule is CN=C(NCC1CCCOC1c1ccccc1)N1CCN(c2cc(F)ccc2F)CC1.I. The minimum Gasteiger partial charge on any atom is -0.373 e. The van der Waals surface area contributed by atoms with Gasteiger partial charge in [0.25, 0.3) is 0 Å². The summed E-state index contributed by atoms with van der Waals surface area (Å²) in [6, 6.07) is 14.0. The Hall–Kier alpha value is -1.94. The second-order valence-electron chi connectivity index (χ2n) is 8.10. The summed E-state index contributed by atoms with van der Waals surface area (Å²) in [5, 5.41) is 3.53. The van der Waals surface area contributed by atoms with Gasteiger partial charge in [-0.15, -0.1) is 24.0 Å². The van der Waals surface area contributed by atoms with Crippen molar-refractivity contribution >= 4 is 35.6 Å². The largest absolute Gasteiger partial charge is 0.373 e. The number of nitrogens with zero attached hydrogens (tertiary/aromatic N) is 3. The van der Waals surface area contributed by atoms with E-state index in [2.05, 4.69) is 39.5 Å². The maximum atomic E-state index is 14.1. The van der Waals surface area contributed by atoms with Crippen LogP contribution in [0.3, 0.4) is 0 Å². The number of rotatable bonds is 4. The van der Waals surface area contributed by atoms with Crippen molar-refractivity contribution in [3.05, 3.63) is 65.7 Å². The number of piperazine rings is 1. The van der Waals surface area contributed by atoms with E-state index in [1.165, 1.54) is 17.7 Å². The Morgan fingerprint density at radius 1 is 1.09 bits per heavy atom. The van der Waals surface area contributed by atoms with E-state index >= 15 is 0 Å². The molecule has 2 heterocycles. The number of anilines is 1. The molecule has 0 radical (unpaired) electrons. The molecule has 0 saturated carbocycles. The molecule has 0 bridgehead atoms. The van der Waals surface area contributed by atoms with Crippen molar-refractivity contribution in [3.8, 4) is 0 Å². The number of aliphatic imine (C=N–C) groups is 1. The van der Waals surface area contributed by atoms with E-state index in [4.69, 9.17) is 4.74 Å². The maximum Gasteiger partial charge on any atom is 0.193 e. The molecule has 8 heteroatoms. The Bertz CT molecular complexity index is 891. The number of hydrogen-bond acceptors (Lipinski definition) is 3. The van der Waals surface area contributed by atoms with E-state index in [9.17, 15) is 8.78 Å². The molecule has 0 amide bonds. The molecule has 2 aliphatic heterocycles. The molecule has 2 atom stereocenters. The van der Waals surface area contributed by atoms with E-state index < -0.39 is 5.82 Å². The second-order valence-corrected chi connectivity index (χ2v) is 8.10. The highest BCUT2D eigenvalue weighted by Crippen LogP contribution is 2.33. The van der Waals surface area contributed by atoms with Gasteiger partial charge in [-0.25, -0.2) is 8.78 Å². The van der Waals surface area contributed by atoms with Crippen LogP contribution in [0.4, 0.5) is 14.5 Å². The quantitative estimate of drug-likeness (QED) is 0.344. The van der Waals surface area contributed by atoms with Crippen LogP contribution in [0.2, 0.25) is 0 Å². The number of halogens is 3. The van der Waals surface area contributed by atoms with Crippen LogP contribution in [0, 0.1) is 17.6 Å². The summed E-state index contributed by atoms with van der Waals surface area (Å²) >= 11 is 0. The molecule has 2 unspecified atom stereocenters. The van der Waals surface area contributed by atoms with Crippen molar-refractivity contribution in [2.45, 2.75) is 18.9 Å². The number of benzene rings is 2. The summed E-state index contributed by atoms with van der Waals surface area (Å²) in [6.07, 6.45) is 2.26. The van der Waals surface area contributed by atoms with Crippen molar-refractivity contribution in [2.75, 3.05) is 51.3 Å². The van der Waals surface area contributed by atoms with Gasteiger partial charge < -0.3 is 19.9 Å². The van der Waals surface area contributed by atoms with Crippen LogP contribution < -0.4 is 10.2 Å². The Kier molecular flexibility index (Phi) is 9.10. The molecule has 0 aliphatic carbocycles. The van der Waals surface area contributed by atoms with Crippen LogP contribution in [0.25, 0.3) is 0 Å². The van der Waals surface area contributed by atoms with Gasteiger partial charge in [-0.3, -0.25) is 4.99 Å².